The number of halogens is 2. The molecule has 0 unspecified atom stereocenters. The van der Waals surface area contributed by atoms with Gasteiger partial charge >= 0.3 is 0 Å². The monoisotopic (exact) mass is 382 g/mol. The summed E-state index contributed by atoms with van der Waals surface area (Å²) in [5, 5.41) is 3.52. The van der Waals surface area contributed by atoms with Gasteiger partial charge < -0.3 is 5.32 Å². The topological polar surface area (TPSA) is 59.8 Å². The molecule has 0 atom stereocenters. The first-order valence-electron chi connectivity index (χ1n) is 7.77. The van der Waals surface area contributed by atoms with Gasteiger partial charge in [0, 0.05) is 5.56 Å². The van der Waals surface area contributed by atoms with Crippen LogP contribution in [-0.4, -0.2) is 20.4 Å². The van der Waals surface area contributed by atoms with Crippen molar-refractivity contribution in [3.8, 4) is 5.82 Å². The van der Waals surface area contributed by atoms with E-state index < -0.39 is 0 Å². The van der Waals surface area contributed by atoms with E-state index in [0.29, 0.717) is 27.1 Å². The van der Waals surface area contributed by atoms with Gasteiger partial charge in [-0.1, -0.05) is 35.3 Å². The fourth-order valence-electron chi connectivity index (χ4n) is 2.58. The van der Waals surface area contributed by atoms with Gasteiger partial charge in [-0.25, -0.2) is 9.97 Å². The number of nitrogens with one attached hydrogen (secondary N) is 1. The molecule has 5 nitrogen and oxygen atoms in total. The highest BCUT2D eigenvalue weighted by Gasteiger charge is 2.10. The molecule has 4 rings (SSSR count). The van der Waals surface area contributed by atoms with Gasteiger partial charge in [0.15, 0.2) is 0 Å². The Labute approximate surface area is 159 Å². The van der Waals surface area contributed by atoms with Gasteiger partial charge in [-0.05, 0) is 42.5 Å². The number of benzene rings is 2. The smallest absolute Gasteiger partial charge is 0.255 e. The van der Waals surface area contributed by atoms with Crippen molar-refractivity contribution in [1.82, 2.24) is 14.5 Å². The lowest BCUT2D eigenvalue weighted by molar-refractivity contribution is 0.102. The molecule has 0 bridgehead atoms. The summed E-state index contributed by atoms with van der Waals surface area (Å²) in [6.07, 6.45) is 3.32. The van der Waals surface area contributed by atoms with Gasteiger partial charge in [-0.15, -0.1) is 0 Å². The van der Waals surface area contributed by atoms with Crippen LogP contribution in [0.25, 0.3) is 16.9 Å². The predicted molar refractivity (Wildman–Crippen MR) is 103 cm³/mol. The molecule has 1 N–H and O–H groups in total. The number of pyridine rings is 1. The fourth-order valence-corrected chi connectivity index (χ4v) is 2.88. The van der Waals surface area contributed by atoms with Gasteiger partial charge in [0.1, 0.15) is 12.1 Å². The first kappa shape index (κ1) is 16.6. The molecule has 128 valence electrons. The SMILES string of the molecule is O=C(Nc1ccc(-n2cnc3ccccc32)nc1)c1ccc(Cl)c(Cl)c1. The fraction of sp³-hybridized carbons (Fsp3) is 0. The van der Waals surface area contributed by atoms with Crippen molar-refractivity contribution in [2.75, 3.05) is 5.32 Å². The molecule has 0 saturated carbocycles. The van der Waals surface area contributed by atoms with Crippen molar-refractivity contribution < 1.29 is 4.79 Å². The Balaban J connectivity index is 1.56. The molecule has 2 heterocycles. The summed E-state index contributed by atoms with van der Waals surface area (Å²) in [5.41, 5.74) is 2.86. The van der Waals surface area contributed by atoms with E-state index in [1.54, 1.807) is 30.7 Å². The molecule has 4 aromatic rings. The number of anilines is 1. The van der Waals surface area contributed by atoms with Crippen LogP contribution in [0, 0.1) is 0 Å². The zero-order valence-corrected chi connectivity index (χ0v) is 14.9. The molecule has 2 aromatic heterocycles. The molecule has 2 aromatic carbocycles. The van der Waals surface area contributed by atoms with E-state index >= 15 is 0 Å². The summed E-state index contributed by atoms with van der Waals surface area (Å²) >= 11 is 11.8. The number of aromatic nitrogens is 3. The van der Waals surface area contributed by atoms with Crippen LogP contribution in [0.15, 0.2) is 67.1 Å². The molecule has 0 radical (unpaired) electrons. The molecule has 26 heavy (non-hydrogen) atoms. The van der Waals surface area contributed by atoms with Crippen LogP contribution in [0.5, 0.6) is 0 Å². The van der Waals surface area contributed by atoms with Gasteiger partial charge in [-0.2, -0.15) is 0 Å². The van der Waals surface area contributed by atoms with Gasteiger partial charge in [0.05, 0.1) is 33.0 Å². The highest BCUT2D eigenvalue weighted by Crippen LogP contribution is 2.23. The van der Waals surface area contributed by atoms with Crippen molar-refractivity contribution in [3.63, 3.8) is 0 Å². The second-order valence-electron chi connectivity index (χ2n) is 5.59. The average Bonchev–Trinajstić information content (AvgIpc) is 3.09. The van der Waals surface area contributed by atoms with Crippen molar-refractivity contribution >= 4 is 45.8 Å². The number of imidazole rings is 1. The number of carbonyl (C=O) groups is 1. The maximum absolute atomic E-state index is 12.3. The summed E-state index contributed by atoms with van der Waals surface area (Å²) in [4.78, 5) is 21.1. The Morgan fingerprint density at radius 1 is 0.962 bits per heavy atom. The zero-order chi connectivity index (χ0) is 18.1. The van der Waals surface area contributed by atoms with Crippen molar-refractivity contribution in [1.29, 1.82) is 0 Å². The van der Waals surface area contributed by atoms with Crippen molar-refractivity contribution in [3.05, 3.63) is 82.7 Å². The number of amides is 1. The van der Waals surface area contributed by atoms with Crippen molar-refractivity contribution in [2.45, 2.75) is 0 Å². The second kappa shape index (κ2) is 6.78. The summed E-state index contributed by atoms with van der Waals surface area (Å²) in [7, 11) is 0. The molecule has 0 saturated heterocycles. The maximum Gasteiger partial charge on any atom is 0.255 e. The molecule has 0 aliphatic rings. The van der Waals surface area contributed by atoms with Crippen LogP contribution in [0.2, 0.25) is 10.0 Å². The number of hydrogen-bond donors (Lipinski definition) is 1. The molecular weight excluding hydrogens is 371 g/mol. The lowest BCUT2D eigenvalue weighted by atomic mass is 10.2. The Morgan fingerprint density at radius 2 is 1.81 bits per heavy atom. The molecule has 0 fully saturated rings. The molecular formula is C19H12Cl2N4O. The number of carbonyl (C=O) groups excluding carboxylic acids is 1. The zero-order valence-electron chi connectivity index (χ0n) is 13.4. The number of nitrogens with zero attached hydrogens (tertiary/aromatic N) is 3. The highest BCUT2D eigenvalue weighted by molar-refractivity contribution is 6.42. The van der Waals surface area contributed by atoms with E-state index in [9.17, 15) is 4.79 Å². The Morgan fingerprint density at radius 3 is 2.58 bits per heavy atom. The quantitative estimate of drug-likeness (QED) is 0.543. The van der Waals surface area contributed by atoms with Crippen LogP contribution in [0.1, 0.15) is 10.4 Å². The minimum absolute atomic E-state index is 0.286. The van der Waals surface area contributed by atoms with Gasteiger partial charge in [-0.3, -0.25) is 9.36 Å². The van der Waals surface area contributed by atoms with E-state index in [0.717, 1.165) is 11.0 Å². The Kier molecular flexibility index (Phi) is 4.32. The van der Waals surface area contributed by atoms with E-state index in [2.05, 4.69) is 15.3 Å². The number of hydrogen-bond acceptors (Lipinski definition) is 3. The first-order chi connectivity index (χ1) is 12.6. The molecule has 1 amide bonds. The number of para-hydroxylation sites is 2. The maximum atomic E-state index is 12.3. The summed E-state index contributed by atoms with van der Waals surface area (Å²) in [6, 6.07) is 16.1. The normalized spacial score (nSPS) is 10.8. The van der Waals surface area contributed by atoms with Crippen molar-refractivity contribution in [2.24, 2.45) is 0 Å². The second-order valence-corrected chi connectivity index (χ2v) is 6.41. The first-order valence-corrected chi connectivity index (χ1v) is 8.52. The van der Waals surface area contributed by atoms with Crippen LogP contribution >= 0.6 is 23.2 Å². The molecule has 0 aliphatic carbocycles. The van der Waals surface area contributed by atoms with Gasteiger partial charge in [0.2, 0.25) is 0 Å². The van der Waals surface area contributed by atoms with E-state index in [-0.39, 0.29) is 5.91 Å². The molecule has 7 heteroatoms. The van der Waals surface area contributed by atoms with Crippen LogP contribution in [0.4, 0.5) is 5.69 Å². The summed E-state index contributed by atoms with van der Waals surface area (Å²) < 4.78 is 1.89. The third-order valence-electron chi connectivity index (χ3n) is 3.89. The van der Waals surface area contributed by atoms with Crippen LogP contribution < -0.4 is 5.32 Å². The minimum atomic E-state index is -0.286. The molecule has 0 spiro atoms. The third kappa shape index (κ3) is 3.14. The summed E-state index contributed by atoms with van der Waals surface area (Å²) in [6.45, 7) is 0. The van der Waals surface area contributed by atoms with Gasteiger partial charge in [0.25, 0.3) is 5.91 Å². The third-order valence-corrected chi connectivity index (χ3v) is 4.63. The Hall–Kier alpha value is -2.89. The van der Waals surface area contributed by atoms with Crippen LogP contribution in [-0.2, 0) is 0 Å². The summed E-state index contributed by atoms with van der Waals surface area (Å²) in [5.74, 6) is 0.428. The van der Waals surface area contributed by atoms with E-state index in [4.69, 9.17) is 23.2 Å². The highest BCUT2D eigenvalue weighted by atomic mass is 35.5. The lowest BCUT2D eigenvalue weighted by Gasteiger charge is -2.08. The largest absolute Gasteiger partial charge is 0.321 e. The molecule has 0 aliphatic heterocycles. The lowest BCUT2D eigenvalue weighted by Crippen LogP contribution is -2.12. The minimum Gasteiger partial charge on any atom is -0.321 e. The van der Waals surface area contributed by atoms with E-state index in [1.807, 2.05) is 34.9 Å². The average molecular weight is 383 g/mol. The Bertz CT molecular complexity index is 1110. The van der Waals surface area contributed by atoms with Crippen LogP contribution in [0.3, 0.4) is 0 Å². The number of fused-ring (bicyclic) bond motifs is 1. The number of rotatable bonds is 3. The van der Waals surface area contributed by atoms with E-state index in [1.165, 1.54) is 6.07 Å². The predicted octanol–water partition coefficient (Wildman–Crippen LogP) is 4.98. The standard InChI is InChI=1S/C19H12Cl2N4O/c20-14-7-5-12(9-15(14)21)19(26)24-13-6-8-18(22-10-13)25-11-23-16-3-1-2-4-17(16)25/h1-11H,(H,24,26).